The first kappa shape index (κ1) is 14.7. The summed E-state index contributed by atoms with van der Waals surface area (Å²) < 4.78 is 1.94. The van der Waals surface area contributed by atoms with Crippen molar-refractivity contribution in [3.05, 3.63) is 65.4 Å². The summed E-state index contributed by atoms with van der Waals surface area (Å²) in [5, 5.41) is 16.5. The zero-order valence-corrected chi connectivity index (χ0v) is 13.0. The number of para-hydroxylation sites is 1. The fourth-order valence-electron chi connectivity index (χ4n) is 2.40. The van der Waals surface area contributed by atoms with Crippen LogP contribution in [0.2, 0.25) is 0 Å². The summed E-state index contributed by atoms with van der Waals surface area (Å²) in [6, 6.07) is 12.1. The van der Waals surface area contributed by atoms with Crippen LogP contribution in [-0.2, 0) is 6.54 Å². The van der Waals surface area contributed by atoms with Crippen molar-refractivity contribution in [2.45, 2.75) is 20.4 Å². The quantitative estimate of drug-likeness (QED) is 0.801. The molecule has 0 unspecified atom stereocenters. The van der Waals surface area contributed by atoms with Crippen molar-refractivity contribution in [3.63, 3.8) is 0 Å². The molecule has 0 spiro atoms. The van der Waals surface area contributed by atoms with Gasteiger partial charge in [0.25, 0.3) is 0 Å². The zero-order valence-electron chi connectivity index (χ0n) is 13.0. The topological polar surface area (TPSA) is 79.4 Å². The van der Waals surface area contributed by atoms with Gasteiger partial charge in [-0.15, -0.1) is 0 Å². The number of anilines is 1. The molecular weight excluding hydrogens is 288 g/mol. The normalized spacial score (nSPS) is 10.3. The summed E-state index contributed by atoms with van der Waals surface area (Å²) in [5.74, 6) is 0.632. The van der Waals surface area contributed by atoms with Crippen LogP contribution >= 0.6 is 0 Å². The SMILES string of the molecule is Cc1cc(C)n(-c2ccccc2CNc2cnc(C#N)cn2)n1. The smallest absolute Gasteiger partial charge is 0.158 e. The van der Waals surface area contributed by atoms with Crippen LogP contribution in [0.15, 0.2) is 42.7 Å². The lowest BCUT2D eigenvalue weighted by atomic mass is 10.1. The molecule has 3 rings (SSSR count). The minimum Gasteiger partial charge on any atom is -0.365 e. The van der Waals surface area contributed by atoms with E-state index < -0.39 is 0 Å². The monoisotopic (exact) mass is 304 g/mol. The molecule has 1 N–H and O–H groups in total. The number of hydrogen-bond acceptors (Lipinski definition) is 5. The molecule has 114 valence electrons. The maximum Gasteiger partial charge on any atom is 0.158 e. The lowest BCUT2D eigenvalue weighted by Crippen LogP contribution is -2.08. The van der Waals surface area contributed by atoms with E-state index in [-0.39, 0.29) is 0 Å². The standard InChI is InChI=1S/C17H16N6/c1-12-7-13(2)23(22-12)16-6-4-3-5-14(16)9-20-17-11-19-15(8-18)10-21-17/h3-7,10-11H,9H2,1-2H3,(H,20,21). The van der Waals surface area contributed by atoms with Crippen LogP contribution in [0.4, 0.5) is 5.82 Å². The summed E-state index contributed by atoms with van der Waals surface area (Å²) >= 11 is 0. The van der Waals surface area contributed by atoms with Crippen molar-refractivity contribution in [2.75, 3.05) is 5.32 Å². The van der Waals surface area contributed by atoms with Crippen LogP contribution in [0, 0.1) is 25.2 Å². The Bertz CT molecular complexity index is 858. The van der Waals surface area contributed by atoms with Crippen molar-refractivity contribution in [1.82, 2.24) is 19.7 Å². The molecule has 6 nitrogen and oxygen atoms in total. The lowest BCUT2D eigenvalue weighted by Gasteiger charge is -2.12. The molecule has 3 aromatic rings. The van der Waals surface area contributed by atoms with E-state index in [1.54, 1.807) is 6.20 Å². The van der Waals surface area contributed by atoms with E-state index in [0.29, 0.717) is 18.1 Å². The zero-order chi connectivity index (χ0) is 16.2. The largest absolute Gasteiger partial charge is 0.365 e. The average molecular weight is 304 g/mol. The highest BCUT2D eigenvalue weighted by Crippen LogP contribution is 2.18. The highest BCUT2D eigenvalue weighted by molar-refractivity contribution is 5.44. The molecule has 0 aliphatic carbocycles. The average Bonchev–Trinajstić information content (AvgIpc) is 2.92. The first-order chi connectivity index (χ1) is 11.2. The highest BCUT2D eigenvalue weighted by atomic mass is 15.3. The van der Waals surface area contributed by atoms with Crippen LogP contribution in [0.1, 0.15) is 22.6 Å². The number of rotatable bonds is 4. The minimum atomic E-state index is 0.304. The number of nitrogens with zero attached hydrogens (tertiary/aromatic N) is 5. The Labute approximate surface area is 134 Å². The number of benzene rings is 1. The molecule has 0 aliphatic heterocycles. The molecule has 23 heavy (non-hydrogen) atoms. The Balaban J connectivity index is 1.83. The van der Waals surface area contributed by atoms with Gasteiger partial charge in [0.05, 0.1) is 23.8 Å². The molecule has 0 saturated carbocycles. The van der Waals surface area contributed by atoms with Gasteiger partial charge in [0, 0.05) is 12.2 Å². The fraction of sp³-hybridized carbons (Fsp3) is 0.176. The van der Waals surface area contributed by atoms with E-state index in [0.717, 1.165) is 22.6 Å². The summed E-state index contributed by atoms with van der Waals surface area (Å²) in [6.07, 6.45) is 3.01. The number of aryl methyl sites for hydroxylation is 2. The van der Waals surface area contributed by atoms with Gasteiger partial charge in [-0.1, -0.05) is 18.2 Å². The van der Waals surface area contributed by atoms with Gasteiger partial charge in [-0.2, -0.15) is 10.4 Å². The molecule has 0 aliphatic rings. The first-order valence-electron chi connectivity index (χ1n) is 7.25. The van der Waals surface area contributed by atoms with Gasteiger partial charge in [0.1, 0.15) is 11.9 Å². The summed E-state index contributed by atoms with van der Waals surface area (Å²) in [7, 11) is 0. The van der Waals surface area contributed by atoms with Gasteiger partial charge in [-0.25, -0.2) is 14.6 Å². The van der Waals surface area contributed by atoms with Crippen LogP contribution in [0.25, 0.3) is 5.69 Å². The summed E-state index contributed by atoms with van der Waals surface area (Å²) in [5.41, 5.74) is 4.52. The lowest BCUT2D eigenvalue weighted by molar-refractivity contribution is 0.821. The molecule has 1 aromatic carbocycles. The van der Waals surface area contributed by atoms with Crippen LogP contribution < -0.4 is 5.32 Å². The number of aromatic nitrogens is 4. The Morgan fingerprint density at radius 3 is 2.65 bits per heavy atom. The Hall–Kier alpha value is -3.20. The highest BCUT2D eigenvalue weighted by Gasteiger charge is 2.08. The second kappa shape index (κ2) is 6.28. The first-order valence-corrected chi connectivity index (χ1v) is 7.25. The van der Waals surface area contributed by atoms with E-state index in [4.69, 9.17) is 5.26 Å². The molecule has 0 atom stereocenters. The molecule has 0 fully saturated rings. The van der Waals surface area contributed by atoms with Gasteiger partial charge in [0.15, 0.2) is 5.69 Å². The molecule has 0 amide bonds. The molecule has 2 aromatic heterocycles. The summed E-state index contributed by atoms with van der Waals surface area (Å²) in [6.45, 7) is 4.61. The van der Waals surface area contributed by atoms with Gasteiger partial charge in [-0.05, 0) is 31.5 Å². The predicted octanol–water partition coefficient (Wildman–Crippen LogP) is 2.76. The summed E-state index contributed by atoms with van der Waals surface area (Å²) in [4.78, 5) is 8.17. The molecule has 0 radical (unpaired) electrons. The van der Waals surface area contributed by atoms with Crippen molar-refractivity contribution in [1.29, 1.82) is 5.26 Å². The predicted molar refractivity (Wildman–Crippen MR) is 87.1 cm³/mol. The third-order valence-electron chi connectivity index (χ3n) is 3.46. The number of nitrogens with one attached hydrogen (secondary N) is 1. The van der Waals surface area contributed by atoms with E-state index in [1.165, 1.54) is 6.20 Å². The molecule has 0 bridgehead atoms. The second-order valence-corrected chi connectivity index (χ2v) is 5.22. The Kier molecular flexibility index (Phi) is 4.02. The molecule has 2 heterocycles. The van der Waals surface area contributed by atoms with Crippen molar-refractivity contribution in [3.8, 4) is 11.8 Å². The van der Waals surface area contributed by atoms with E-state index >= 15 is 0 Å². The van der Waals surface area contributed by atoms with E-state index in [2.05, 4.69) is 32.5 Å². The number of hydrogen-bond donors (Lipinski definition) is 1. The maximum atomic E-state index is 8.74. The van der Waals surface area contributed by atoms with Crippen LogP contribution in [0.5, 0.6) is 0 Å². The molecular formula is C17H16N6. The van der Waals surface area contributed by atoms with Crippen molar-refractivity contribution in [2.24, 2.45) is 0 Å². The number of nitriles is 1. The van der Waals surface area contributed by atoms with Gasteiger partial charge >= 0.3 is 0 Å². The van der Waals surface area contributed by atoms with Gasteiger partial charge in [0.2, 0.25) is 0 Å². The molecule has 0 saturated heterocycles. The van der Waals surface area contributed by atoms with Crippen molar-refractivity contribution < 1.29 is 0 Å². The van der Waals surface area contributed by atoms with Crippen LogP contribution in [0.3, 0.4) is 0 Å². The Morgan fingerprint density at radius 2 is 2.00 bits per heavy atom. The fourth-order valence-corrected chi connectivity index (χ4v) is 2.40. The molecule has 6 heteroatoms. The van der Waals surface area contributed by atoms with Crippen LogP contribution in [-0.4, -0.2) is 19.7 Å². The minimum absolute atomic E-state index is 0.304. The second-order valence-electron chi connectivity index (χ2n) is 5.22. The van der Waals surface area contributed by atoms with Gasteiger partial charge < -0.3 is 5.32 Å². The third kappa shape index (κ3) is 3.19. The Morgan fingerprint density at radius 1 is 1.17 bits per heavy atom. The third-order valence-corrected chi connectivity index (χ3v) is 3.46. The van der Waals surface area contributed by atoms with Gasteiger partial charge in [-0.3, -0.25) is 0 Å². The maximum absolute atomic E-state index is 8.74. The van der Waals surface area contributed by atoms with E-state index in [1.807, 2.05) is 42.8 Å². The van der Waals surface area contributed by atoms with Crippen molar-refractivity contribution >= 4 is 5.82 Å². The van der Waals surface area contributed by atoms with E-state index in [9.17, 15) is 0 Å².